The van der Waals surface area contributed by atoms with Crippen LogP contribution in [0.2, 0.25) is 10.0 Å². The SMILES string of the molecule is Cc1cc([N+](=O)[O-])nn1CCNC(=O)c1cc(S(=O)(=O)N2CCCC2)c(Cl)cc1Cl. The maximum atomic E-state index is 12.8. The van der Waals surface area contributed by atoms with Crippen LogP contribution in [0.5, 0.6) is 0 Å². The number of hydrogen-bond donors (Lipinski definition) is 1. The summed E-state index contributed by atoms with van der Waals surface area (Å²) in [7, 11) is -3.83. The highest BCUT2D eigenvalue weighted by Crippen LogP contribution is 2.32. The first-order valence-corrected chi connectivity index (χ1v) is 11.3. The molecule has 0 saturated carbocycles. The molecule has 30 heavy (non-hydrogen) atoms. The molecule has 2 heterocycles. The summed E-state index contributed by atoms with van der Waals surface area (Å²) in [6.07, 6.45) is 1.53. The predicted octanol–water partition coefficient (Wildman–Crippen LogP) is 2.62. The van der Waals surface area contributed by atoms with E-state index >= 15 is 0 Å². The van der Waals surface area contributed by atoms with Crippen molar-refractivity contribution in [1.82, 2.24) is 19.4 Å². The van der Waals surface area contributed by atoms with E-state index in [-0.39, 0.29) is 39.4 Å². The number of aromatic nitrogens is 2. The fraction of sp³-hybridized carbons (Fsp3) is 0.412. The molecule has 0 atom stereocenters. The molecule has 1 aliphatic rings. The van der Waals surface area contributed by atoms with Crippen LogP contribution in [-0.2, 0) is 16.6 Å². The van der Waals surface area contributed by atoms with E-state index in [1.54, 1.807) is 6.92 Å². The van der Waals surface area contributed by atoms with Gasteiger partial charge in [0, 0.05) is 19.6 Å². The van der Waals surface area contributed by atoms with Gasteiger partial charge in [-0.1, -0.05) is 23.2 Å². The summed E-state index contributed by atoms with van der Waals surface area (Å²) in [5.41, 5.74) is 0.543. The van der Waals surface area contributed by atoms with Gasteiger partial charge in [0.05, 0.1) is 39.0 Å². The van der Waals surface area contributed by atoms with Crippen molar-refractivity contribution in [1.29, 1.82) is 0 Å². The van der Waals surface area contributed by atoms with Crippen LogP contribution in [0.4, 0.5) is 5.82 Å². The van der Waals surface area contributed by atoms with Crippen LogP contribution in [0.15, 0.2) is 23.1 Å². The number of rotatable bonds is 7. The molecule has 10 nitrogen and oxygen atoms in total. The lowest BCUT2D eigenvalue weighted by atomic mass is 10.2. The van der Waals surface area contributed by atoms with Crippen molar-refractivity contribution in [3.8, 4) is 0 Å². The predicted molar refractivity (Wildman–Crippen MR) is 110 cm³/mol. The van der Waals surface area contributed by atoms with E-state index in [4.69, 9.17) is 23.2 Å². The summed E-state index contributed by atoms with van der Waals surface area (Å²) in [6, 6.07) is 3.74. The fourth-order valence-electron chi connectivity index (χ4n) is 3.15. The minimum absolute atomic E-state index is 0.0174. The van der Waals surface area contributed by atoms with Crippen LogP contribution < -0.4 is 5.32 Å². The third kappa shape index (κ3) is 4.59. The summed E-state index contributed by atoms with van der Waals surface area (Å²) in [5, 5.41) is 17.2. The van der Waals surface area contributed by atoms with Gasteiger partial charge in [0.25, 0.3) is 5.91 Å². The van der Waals surface area contributed by atoms with Gasteiger partial charge in [0.15, 0.2) is 0 Å². The van der Waals surface area contributed by atoms with E-state index in [1.807, 2.05) is 0 Å². The maximum absolute atomic E-state index is 12.8. The number of carbonyl (C=O) groups is 1. The van der Waals surface area contributed by atoms with E-state index in [0.29, 0.717) is 18.8 Å². The number of benzene rings is 1. The monoisotopic (exact) mass is 475 g/mol. The highest BCUT2D eigenvalue weighted by molar-refractivity contribution is 7.89. The highest BCUT2D eigenvalue weighted by Gasteiger charge is 2.30. The smallest absolute Gasteiger partial charge is 0.358 e. The van der Waals surface area contributed by atoms with Gasteiger partial charge in [0.1, 0.15) is 4.90 Å². The third-order valence-corrected chi connectivity index (χ3v) is 7.39. The Hall–Kier alpha value is -2.21. The van der Waals surface area contributed by atoms with Crippen molar-refractivity contribution in [3.05, 3.63) is 49.6 Å². The third-order valence-electron chi connectivity index (χ3n) is 4.71. The summed E-state index contributed by atoms with van der Waals surface area (Å²) in [6.45, 7) is 2.75. The number of hydrogen-bond acceptors (Lipinski definition) is 6. The average molecular weight is 476 g/mol. The molecule has 3 rings (SSSR count). The van der Waals surface area contributed by atoms with Gasteiger partial charge in [-0.15, -0.1) is 0 Å². The molecule has 0 unspecified atom stereocenters. The largest absolute Gasteiger partial charge is 0.390 e. The second kappa shape index (κ2) is 8.88. The molecule has 1 N–H and O–H groups in total. The normalized spacial score (nSPS) is 14.8. The Bertz CT molecular complexity index is 1100. The molecule has 1 fully saturated rings. The van der Waals surface area contributed by atoms with Gasteiger partial charge in [-0.2, -0.15) is 8.99 Å². The highest BCUT2D eigenvalue weighted by atomic mass is 35.5. The van der Waals surface area contributed by atoms with Gasteiger partial charge in [-0.05, 0) is 36.8 Å². The van der Waals surface area contributed by atoms with Crippen molar-refractivity contribution in [3.63, 3.8) is 0 Å². The first-order valence-electron chi connectivity index (χ1n) is 9.07. The van der Waals surface area contributed by atoms with Crippen LogP contribution in [0.1, 0.15) is 28.9 Å². The Morgan fingerprint density at radius 2 is 1.90 bits per heavy atom. The average Bonchev–Trinajstić information content (AvgIpc) is 3.32. The van der Waals surface area contributed by atoms with Crippen molar-refractivity contribution in [2.24, 2.45) is 0 Å². The van der Waals surface area contributed by atoms with Gasteiger partial charge in [-0.3, -0.25) is 4.79 Å². The number of halogens is 2. The van der Waals surface area contributed by atoms with Crippen LogP contribution in [0, 0.1) is 17.0 Å². The molecule has 0 spiro atoms. The zero-order valence-corrected chi connectivity index (χ0v) is 18.3. The molecule has 1 saturated heterocycles. The Morgan fingerprint density at radius 1 is 1.23 bits per heavy atom. The molecule has 0 aliphatic carbocycles. The van der Waals surface area contributed by atoms with E-state index in [9.17, 15) is 23.3 Å². The van der Waals surface area contributed by atoms with Gasteiger partial charge in [-0.25, -0.2) is 8.42 Å². The second-order valence-corrected chi connectivity index (χ2v) is 9.47. The van der Waals surface area contributed by atoms with Crippen molar-refractivity contribution in [2.45, 2.75) is 31.2 Å². The van der Waals surface area contributed by atoms with Crippen LogP contribution in [-0.4, -0.2) is 53.0 Å². The number of sulfonamides is 1. The van der Waals surface area contributed by atoms with Crippen LogP contribution in [0.3, 0.4) is 0 Å². The molecule has 162 valence electrons. The van der Waals surface area contributed by atoms with E-state index in [1.165, 1.54) is 27.2 Å². The zero-order chi connectivity index (χ0) is 22.1. The van der Waals surface area contributed by atoms with Crippen LogP contribution in [0.25, 0.3) is 0 Å². The minimum atomic E-state index is -3.83. The lowest BCUT2D eigenvalue weighted by Gasteiger charge is -2.17. The van der Waals surface area contributed by atoms with Gasteiger partial charge >= 0.3 is 5.82 Å². The summed E-state index contributed by atoms with van der Waals surface area (Å²) < 4.78 is 28.4. The van der Waals surface area contributed by atoms with E-state index < -0.39 is 20.9 Å². The molecule has 0 radical (unpaired) electrons. The Kier molecular flexibility index (Phi) is 6.65. The summed E-state index contributed by atoms with van der Waals surface area (Å²) in [4.78, 5) is 22.6. The number of nitrogens with one attached hydrogen (secondary N) is 1. The molecule has 0 bridgehead atoms. The van der Waals surface area contributed by atoms with E-state index in [2.05, 4.69) is 10.4 Å². The Labute approximate surface area is 183 Å². The molecule has 1 amide bonds. The maximum Gasteiger partial charge on any atom is 0.390 e. The number of nitro groups is 1. The fourth-order valence-corrected chi connectivity index (χ4v) is 5.50. The Morgan fingerprint density at radius 3 is 2.50 bits per heavy atom. The first kappa shape index (κ1) is 22.5. The zero-order valence-electron chi connectivity index (χ0n) is 16.0. The second-order valence-electron chi connectivity index (χ2n) is 6.75. The Balaban J connectivity index is 1.75. The number of aryl methyl sites for hydroxylation is 1. The molecule has 1 aromatic carbocycles. The summed E-state index contributed by atoms with van der Waals surface area (Å²) >= 11 is 12.2. The van der Waals surface area contributed by atoms with Gasteiger partial charge in [0.2, 0.25) is 10.0 Å². The van der Waals surface area contributed by atoms with E-state index in [0.717, 1.165) is 12.8 Å². The molecule has 13 heteroatoms. The molecule has 2 aromatic rings. The number of amides is 1. The van der Waals surface area contributed by atoms with Crippen molar-refractivity contribution >= 4 is 45.0 Å². The first-order chi connectivity index (χ1) is 14.1. The van der Waals surface area contributed by atoms with Crippen molar-refractivity contribution < 1.29 is 18.1 Å². The summed E-state index contributed by atoms with van der Waals surface area (Å²) in [5.74, 6) is -0.870. The topological polar surface area (TPSA) is 127 Å². The molecular formula is C17H19Cl2N5O5S. The molecule has 1 aromatic heterocycles. The molecular weight excluding hydrogens is 457 g/mol. The minimum Gasteiger partial charge on any atom is -0.358 e. The number of nitrogens with zero attached hydrogens (tertiary/aromatic N) is 4. The standard InChI is InChI=1S/C17H19Cl2N5O5S/c1-11-8-16(24(26)27)21-23(11)7-4-20-17(25)12-9-15(14(19)10-13(12)18)30(28,29)22-5-2-3-6-22/h8-10H,2-7H2,1H3,(H,20,25). The van der Waals surface area contributed by atoms with Gasteiger partial charge < -0.3 is 15.4 Å². The molecule has 1 aliphatic heterocycles. The van der Waals surface area contributed by atoms with Crippen molar-refractivity contribution in [2.75, 3.05) is 19.6 Å². The quantitative estimate of drug-likeness (QED) is 0.484. The van der Waals surface area contributed by atoms with Crippen LogP contribution >= 0.6 is 23.2 Å². The number of carbonyl (C=O) groups excluding carboxylic acids is 1. The lowest BCUT2D eigenvalue weighted by molar-refractivity contribution is -0.389. The lowest BCUT2D eigenvalue weighted by Crippen LogP contribution is -2.30.